The van der Waals surface area contributed by atoms with Gasteiger partial charge in [0.25, 0.3) is 0 Å². The topological polar surface area (TPSA) is 104 Å². The van der Waals surface area contributed by atoms with Gasteiger partial charge in [0.2, 0.25) is 0 Å². The molecule has 0 bridgehead atoms. The third-order valence-corrected chi connectivity index (χ3v) is 9.69. The zero-order valence-electron chi connectivity index (χ0n) is 22.8. The van der Waals surface area contributed by atoms with Gasteiger partial charge in [-0.15, -0.1) is 10.2 Å². The number of nitrogens with zero attached hydrogens (tertiary/aromatic N) is 4. The zero-order valence-corrected chi connectivity index (χ0v) is 22.8. The number of hydrogen-bond acceptors (Lipinski definition) is 6. The average Bonchev–Trinajstić information content (AvgIpc) is 3.43. The molecule has 0 spiro atoms. The molecule has 1 aromatic heterocycles. The first-order valence-electron chi connectivity index (χ1n) is 14.2. The van der Waals surface area contributed by atoms with Crippen molar-refractivity contribution in [1.82, 2.24) is 20.2 Å². The molecule has 0 amide bonds. The Morgan fingerprint density at radius 2 is 1.94 bits per heavy atom. The van der Waals surface area contributed by atoms with Crippen LogP contribution in [0.3, 0.4) is 0 Å². The summed E-state index contributed by atoms with van der Waals surface area (Å²) in [6, 6.07) is 0. The van der Waals surface area contributed by atoms with Crippen LogP contribution in [0.15, 0.2) is 29.6 Å². The summed E-state index contributed by atoms with van der Waals surface area (Å²) in [5, 5.41) is 43.3. The van der Waals surface area contributed by atoms with Gasteiger partial charge in [-0.3, -0.25) is 0 Å². The lowest BCUT2D eigenvalue weighted by atomic mass is 9.60. The molecule has 7 nitrogen and oxygen atoms in total. The lowest BCUT2D eigenvalue weighted by Crippen LogP contribution is -2.38. The van der Waals surface area contributed by atoms with E-state index in [-0.39, 0.29) is 5.92 Å². The Morgan fingerprint density at radius 3 is 2.61 bits per heavy atom. The van der Waals surface area contributed by atoms with E-state index >= 15 is 0 Å². The molecule has 3 N–H and O–H groups in total. The predicted molar refractivity (Wildman–Crippen MR) is 141 cm³/mol. The van der Waals surface area contributed by atoms with Crippen LogP contribution in [0.1, 0.15) is 98.3 Å². The van der Waals surface area contributed by atoms with Crippen molar-refractivity contribution in [3.63, 3.8) is 0 Å². The number of fused-ring (bicyclic) bond motifs is 1. The monoisotopic (exact) mass is 500 g/mol. The number of aryl methyl sites for hydroxylation is 1. The fourth-order valence-corrected chi connectivity index (χ4v) is 7.75. The Morgan fingerprint density at radius 1 is 1.19 bits per heavy atom. The van der Waals surface area contributed by atoms with E-state index in [0.29, 0.717) is 43.1 Å². The van der Waals surface area contributed by atoms with E-state index < -0.39 is 17.8 Å². The number of allylic oxidation sites excluding steroid dienone is 3. The van der Waals surface area contributed by atoms with Gasteiger partial charge in [-0.2, -0.15) is 4.80 Å². The molecule has 4 rings (SSSR count). The first-order valence-corrected chi connectivity index (χ1v) is 14.2. The second-order valence-electron chi connectivity index (χ2n) is 12.9. The number of rotatable bonds is 9. The van der Waals surface area contributed by atoms with Gasteiger partial charge in [0.15, 0.2) is 6.33 Å². The first-order chi connectivity index (χ1) is 17.1. The second-order valence-corrected chi connectivity index (χ2v) is 12.9. The molecule has 7 heteroatoms. The molecular formula is C29H48N4O3. The molecule has 3 aliphatic rings. The minimum absolute atomic E-state index is 0.160. The number of aliphatic hydroxyl groups is 3. The van der Waals surface area contributed by atoms with Gasteiger partial charge >= 0.3 is 0 Å². The highest BCUT2D eigenvalue weighted by atomic mass is 16.3. The van der Waals surface area contributed by atoms with Crippen LogP contribution >= 0.6 is 0 Å². The van der Waals surface area contributed by atoms with Crippen LogP contribution in [0.25, 0.3) is 0 Å². The van der Waals surface area contributed by atoms with Crippen LogP contribution in [0.2, 0.25) is 0 Å². The molecular weight excluding hydrogens is 452 g/mol. The summed E-state index contributed by atoms with van der Waals surface area (Å²) in [5.41, 5.74) is 2.53. The quantitative estimate of drug-likeness (QED) is 0.448. The second kappa shape index (κ2) is 11.4. The van der Waals surface area contributed by atoms with Crippen molar-refractivity contribution in [3.8, 4) is 0 Å². The smallest absolute Gasteiger partial charge is 0.162 e. The van der Waals surface area contributed by atoms with Crippen LogP contribution in [0.4, 0.5) is 0 Å². The normalized spacial score (nSPS) is 35.1. The largest absolute Gasteiger partial charge is 0.392 e. The van der Waals surface area contributed by atoms with Crippen molar-refractivity contribution < 1.29 is 15.3 Å². The van der Waals surface area contributed by atoms with Gasteiger partial charge in [0, 0.05) is 5.92 Å². The van der Waals surface area contributed by atoms with Crippen LogP contribution in [0.5, 0.6) is 0 Å². The summed E-state index contributed by atoms with van der Waals surface area (Å²) in [5.74, 6) is 1.92. The SMILES string of the molecule is C[C@H](CCCC(C)(C)O)C1CC[C@H]2/C(=C/C=C3C[C@@H](O)C(CCn4ncnn4)[C@H](O)C3)CCC[C@]12C. The fraction of sp³-hybridized carbons (Fsp3) is 0.828. The van der Waals surface area contributed by atoms with Crippen LogP contribution < -0.4 is 0 Å². The molecule has 0 aliphatic heterocycles. The molecule has 3 aliphatic carbocycles. The van der Waals surface area contributed by atoms with E-state index in [0.717, 1.165) is 24.3 Å². The Kier molecular flexibility index (Phi) is 8.73. The maximum atomic E-state index is 10.8. The first kappa shape index (κ1) is 27.5. The highest BCUT2D eigenvalue weighted by Gasteiger charge is 2.50. The van der Waals surface area contributed by atoms with Gasteiger partial charge in [-0.1, -0.05) is 50.0 Å². The molecule has 0 saturated heterocycles. The predicted octanol–water partition coefficient (Wildman–Crippen LogP) is 4.84. The molecule has 36 heavy (non-hydrogen) atoms. The number of tetrazole rings is 1. The maximum absolute atomic E-state index is 10.8. The molecule has 0 radical (unpaired) electrons. The molecule has 1 unspecified atom stereocenters. The van der Waals surface area contributed by atoms with E-state index in [4.69, 9.17) is 0 Å². The Labute approximate surface area is 217 Å². The van der Waals surface area contributed by atoms with Crippen molar-refractivity contribution >= 4 is 0 Å². The van der Waals surface area contributed by atoms with Gasteiger partial charge in [-0.25, -0.2) is 0 Å². The third-order valence-electron chi connectivity index (χ3n) is 9.69. The summed E-state index contributed by atoms with van der Waals surface area (Å²) in [7, 11) is 0. The minimum Gasteiger partial charge on any atom is -0.392 e. The molecule has 202 valence electrons. The zero-order chi connectivity index (χ0) is 25.9. The standard InChI is InChI=1S/C29H48N4O3/c1-20(7-5-14-28(2,3)36)24-11-12-25-22(8-6-15-29(24,25)4)10-9-21-17-26(34)23(27(35)18-21)13-16-33-31-19-30-32-33/h9-10,19-20,23-27,34-36H,5-8,11-18H2,1-4H3/b21-9?,22-10+/t20-,23?,24?,25+,26-,27-,29-/m1/s1. The summed E-state index contributed by atoms with van der Waals surface area (Å²) in [6.07, 6.45) is 16.2. The summed E-state index contributed by atoms with van der Waals surface area (Å²) >= 11 is 0. The van der Waals surface area contributed by atoms with Gasteiger partial charge in [0.1, 0.15) is 0 Å². The van der Waals surface area contributed by atoms with E-state index in [2.05, 4.69) is 41.4 Å². The van der Waals surface area contributed by atoms with Gasteiger partial charge in [-0.05, 0) is 100 Å². The van der Waals surface area contributed by atoms with Crippen LogP contribution in [-0.2, 0) is 6.54 Å². The van der Waals surface area contributed by atoms with E-state index in [9.17, 15) is 15.3 Å². The lowest BCUT2D eigenvalue weighted by molar-refractivity contribution is -0.0121. The molecule has 1 heterocycles. The summed E-state index contributed by atoms with van der Waals surface area (Å²) in [6.45, 7) is 9.35. The van der Waals surface area contributed by atoms with Crippen molar-refractivity contribution in [1.29, 1.82) is 0 Å². The molecule has 0 aromatic carbocycles. The van der Waals surface area contributed by atoms with Crippen molar-refractivity contribution in [2.75, 3.05) is 0 Å². The van der Waals surface area contributed by atoms with E-state index in [1.165, 1.54) is 49.6 Å². The number of aromatic nitrogens is 4. The minimum atomic E-state index is -0.565. The summed E-state index contributed by atoms with van der Waals surface area (Å²) in [4.78, 5) is 1.51. The van der Waals surface area contributed by atoms with Crippen molar-refractivity contribution in [2.45, 2.75) is 123 Å². The van der Waals surface area contributed by atoms with E-state index in [1.54, 1.807) is 5.57 Å². The van der Waals surface area contributed by atoms with Crippen LogP contribution in [0, 0.1) is 29.1 Å². The van der Waals surface area contributed by atoms with E-state index in [1.807, 2.05) is 13.8 Å². The highest BCUT2D eigenvalue weighted by Crippen LogP contribution is 2.60. The Hall–Kier alpha value is -1.57. The molecule has 6 atom stereocenters. The fourth-order valence-electron chi connectivity index (χ4n) is 7.75. The molecule has 1 aromatic rings. The number of aliphatic hydroxyl groups excluding tert-OH is 2. The van der Waals surface area contributed by atoms with Crippen LogP contribution in [-0.4, -0.2) is 53.3 Å². The third kappa shape index (κ3) is 6.46. The Balaban J connectivity index is 1.36. The van der Waals surface area contributed by atoms with Gasteiger partial charge < -0.3 is 15.3 Å². The highest BCUT2D eigenvalue weighted by molar-refractivity contribution is 5.26. The average molecular weight is 501 g/mol. The van der Waals surface area contributed by atoms with Gasteiger partial charge in [0.05, 0.1) is 24.4 Å². The molecule has 3 saturated carbocycles. The van der Waals surface area contributed by atoms with Crippen molar-refractivity contribution in [3.05, 3.63) is 29.6 Å². The summed E-state index contributed by atoms with van der Waals surface area (Å²) < 4.78 is 0. The van der Waals surface area contributed by atoms with Crippen molar-refractivity contribution in [2.24, 2.45) is 29.1 Å². The maximum Gasteiger partial charge on any atom is 0.162 e. The molecule has 3 fully saturated rings. The Bertz CT molecular complexity index is 892. The number of hydrogen-bond donors (Lipinski definition) is 3. The lowest BCUT2D eigenvalue weighted by Gasteiger charge is -2.44.